The molecule has 1 amide bonds. The van der Waals surface area contributed by atoms with Crippen LogP contribution in [0.5, 0.6) is 0 Å². The van der Waals surface area contributed by atoms with E-state index < -0.39 is 0 Å². The van der Waals surface area contributed by atoms with Crippen molar-refractivity contribution >= 4 is 11.7 Å². The third-order valence-electron chi connectivity index (χ3n) is 2.50. The standard InChI is InChI=1S/C11H15N3O/c12-6-9-3-4-10(13-7-9)14-11(15)5-8-1-2-8/h3-4,7-8H,1-2,5-6,12H2,(H,13,14,15). The van der Waals surface area contributed by atoms with Gasteiger partial charge in [-0.2, -0.15) is 0 Å². The summed E-state index contributed by atoms with van der Waals surface area (Å²) in [5.74, 6) is 1.27. The molecule has 0 atom stereocenters. The SMILES string of the molecule is NCc1ccc(NC(=O)CC2CC2)nc1. The van der Waals surface area contributed by atoms with Gasteiger partial charge in [-0.05, 0) is 30.4 Å². The second-order valence-electron chi connectivity index (χ2n) is 3.95. The fourth-order valence-corrected chi connectivity index (χ4v) is 1.40. The van der Waals surface area contributed by atoms with E-state index in [4.69, 9.17) is 5.73 Å². The van der Waals surface area contributed by atoms with Crippen molar-refractivity contribution in [2.24, 2.45) is 11.7 Å². The van der Waals surface area contributed by atoms with Crippen molar-refractivity contribution < 1.29 is 4.79 Å². The number of aromatic nitrogens is 1. The number of nitrogens with zero attached hydrogens (tertiary/aromatic N) is 1. The Balaban J connectivity index is 1.88. The summed E-state index contributed by atoms with van der Waals surface area (Å²) < 4.78 is 0. The van der Waals surface area contributed by atoms with Crippen molar-refractivity contribution in [3.8, 4) is 0 Å². The Morgan fingerprint density at radius 3 is 2.87 bits per heavy atom. The Morgan fingerprint density at radius 2 is 2.33 bits per heavy atom. The number of hydrogen-bond donors (Lipinski definition) is 2. The number of amides is 1. The van der Waals surface area contributed by atoms with Gasteiger partial charge < -0.3 is 11.1 Å². The Morgan fingerprint density at radius 1 is 1.53 bits per heavy atom. The fourth-order valence-electron chi connectivity index (χ4n) is 1.40. The second-order valence-corrected chi connectivity index (χ2v) is 3.95. The van der Waals surface area contributed by atoms with Crippen LogP contribution in [0.15, 0.2) is 18.3 Å². The first-order valence-electron chi connectivity index (χ1n) is 5.23. The predicted molar refractivity (Wildman–Crippen MR) is 58.1 cm³/mol. The van der Waals surface area contributed by atoms with Crippen LogP contribution in [0.4, 0.5) is 5.82 Å². The number of anilines is 1. The molecule has 0 bridgehead atoms. The molecule has 1 saturated carbocycles. The minimum Gasteiger partial charge on any atom is -0.326 e. The van der Waals surface area contributed by atoms with Gasteiger partial charge in [0.15, 0.2) is 0 Å². The first kappa shape index (κ1) is 10.1. The number of nitrogens with one attached hydrogen (secondary N) is 1. The van der Waals surface area contributed by atoms with Gasteiger partial charge in [-0.3, -0.25) is 4.79 Å². The molecular formula is C11H15N3O. The lowest BCUT2D eigenvalue weighted by Gasteiger charge is -2.03. The third-order valence-corrected chi connectivity index (χ3v) is 2.50. The molecule has 4 nitrogen and oxygen atoms in total. The molecule has 0 spiro atoms. The summed E-state index contributed by atoms with van der Waals surface area (Å²) >= 11 is 0. The monoisotopic (exact) mass is 205 g/mol. The van der Waals surface area contributed by atoms with E-state index in [0.717, 1.165) is 5.56 Å². The molecule has 0 saturated heterocycles. The molecule has 1 aliphatic carbocycles. The van der Waals surface area contributed by atoms with E-state index in [1.807, 2.05) is 6.07 Å². The highest BCUT2D eigenvalue weighted by Gasteiger charge is 2.24. The van der Waals surface area contributed by atoms with Gasteiger partial charge in [0.05, 0.1) is 0 Å². The van der Waals surface area contributed by atoms with Crippen molar-refractivity contribution in [1.29, 1.82) is 0 Å². The quantitative estimate of drug-likeness (QED) is 0.778. The maximum absolute atomic E-state index is 11.4. The van der Waals surface area contributed by atoms with Gasteiger partial charge in [0.1, 0.15) is 5.82 Å². The van der Waals surface area contributed by atoms with Gasteiger partial charge in [-0.1, -0.05) is 6.07 Å². The molecule has 1 fully saturated rings. The van der Waals surface area contributed by atoms with E-state index in [1.54, 1.807) is 12.3 Å². The molecule has 1 aromatic rings. The molecule has 3 N–H and O–H groups in total. The molecule has 0 aromatic carbocycles. The average Bonchev–Trinajstić information content (AvgIpc) is 3.03. The van der Waals surface area contributed by atoms with Crippen LogP contribution in [-0.2, 0) is 11.3 Å². The van der Waals surface area contributed by atoms with Gasteiger partial charge in [0, 0.05) is 19.2 Å². The van der Waals surface area contributed by atoms with Crippen molar-refractivity contribution in [2.45, 2.75) is 25.8 Å². The maximum atomic E-state index is 11.4. The fraction of sp³-hybridized carbons (Fsp3) is 0.455. The van der Waals surface area contributed by atoms with Crippen LogP contribution < -0.4 is 11.1 Å². The summed E-state index contributed by atoms with van der Waals surface area (Å²) in [4.78, 5) is 15.5. The number of nitrogens with two attached hydrogens (primary N) is 1. The Kier molecular flexibility index (Phi) is 2.97. The molecular weight excluding hydrogens is 190 g/mol. The van der Waals surface area contributed by atoms with Gasteiger partial charge in [-0.15, -0.1) is 0 Å². The van der Waals surface area contributed by atoms with Gasteiger partial charge in [0.2, 0.25) is 5.91 Å². The lowest BCUT2D eigenvalue weighted by Crippen LogP contribution is -2.13. The summed E-state index contributed by atoms with van der Waals surface area (Å²) in [5, 5.41) is 2.77. The normalized spacial score (nSPS) is 15.0. The number of carbonyl (C=O) groups is 1. The van der Waals surface area contributed by atoms with E-state index in [1.165, 1.54) is 12.8 Å². The minimum absolute atomic E-state index is 0.0606. The molecule has 4 heteroatoms. The number of carbonyl (C=O) groups excluding carboxylic acids is 1. The summed E-state index contributed by atoms with van der Waals surface area (Å²) in [7, 11) is 0. The van der Waals surface area contributed by atoms with E-state index in [0.29, 0.717) is 24.7 Å². The molecule has 1 aromatic heterocycles. The van der Waals surface area contributed by atoms with Crippen LogP contribution in [0.3, 0.4) is 0 Å². The van der Waals surface area contributed by atoms with E-state index >= 15 is 0 Å². The highest BCUT2D eigenvalue weighted by atomic mass is 16.1. The zero-order valence-corrected chi connectivity index (χ0v) is 8.57. The highest BCUT2D eigenvalue weighted by Crippen LogP contribution is 2.32. The zero-order chi connectivity index (χ0) is 10.7. The Hall–Kier alpha value is -1.42. The molecule has 1 heterocycles. The van der Waals surface area contributed by atoms with Gasteiger partial charge in [-0.25, -0.2) is 4.98 Å². The van der Waals surface area contributed by atoms with Crippen LogP contribution >= 0.6 is 0 Å². The maximum Gasteiger partial charge on any atom is 0.225 e. The highest BCUT2D eigenvalue weighted by molar-refractivity contribution is 5.90. The van der Waals surface area contributed by atoms with Crippen LogP contribution in [-0.4, -0.2) is 10.9 Å². The summed E-state index contributed by atoms with van der Waals surface area (Å²) in [6, 6.07) is 3.66. The van der Waals surface area contributed by atoms with Crippen molar-refractivity contribution in [1.82, 2.24) is 4.98 Å². The van der Waals surface area contributed by atoms with Crippen LogP contribution in [0.2, 0.25) is 0 Å². The smallest absolute Gasteiger partial charge is 0.225 e. The molecule has 80 valence electrons. The Labute approximate surface area is 88.9 Å². The number of pyridine rings is 1. The van der Waals surface area contributed by atoms with E-state index in [9.17, 15) is 4.79 Å². The summed E-state index contributed by atoms with van der Waals surface area (Å²) in [6.07, 6.45) is 4.69. The van der Waals surface area contributed by atoms with E-state index in [2.05, 4.69) is 10.3 Å². The van der Waals surface area contributed by atoms with Crippen LogP contribution in [0.25, 0.3) is 0 Å². The second kappa shape index (κ2) is 4.40. The molecule has 1 aliphatic rings. The van der Waals surface area contributed by atoms with Gasteiger partial charge >= 0.3 is 0 Å². The average molecular weight is 205 g/mol. The third kappa shape index (κ3) is 3.02. The number of rotatable bonds is 4. The first-order valence-corrected chi connectivity index (χ1v) is 5.23. The van der Waals surface area contributed by atoms with Crippen molar-refractivity contribution in [2.75, 3.05) is 5.32 Å². The van der Waals surface area contributed by atoms with Crippen LogP contribution in [0, 0.1) is 5.92 Å². The summed E-state index contributed by atoms with van der Waals surface area (Å²) in [5.41, 5.74) is 6.42. The topological polar surface area (TPSA) is 68.0 Å². The predicted octanol–water partition coefficient (Wildman–Crippen LogP) is 1.28. The molecule has 2 rings (SSSR count). The lowest BCUT2D eigenvalue weighted by molar-refractivity contribution is -0.116. The van der Waals surface area contributed by atoms with Crippen molar-refractivity contribution in [3.05, 3.63) is 23.9 Å². The molecule has 0 aliphatic heterocycles. The largest absolute Gasteiger partial charge is 0.326 e. The lowest BCUT2D eigenvalue weighted by atomic mass is 10.2. The van der Waals surface area contributed by atoms with Crippen molar-refractivity contribution in [3.63, 3.8) is 0 Å². The first-order chi connectivity index (χ1) is 7.28. The molecule has 0 radical (unpaired) electrons. The van der Waals surface area contributed by atoms with E-state index in [-0.39, 0.29) is 5.91 Å². The minimum atomic E-state index is 0.0606. The zero-order valence-electron chi connectivity index (χ0n) is 8.57. The molecule has 0 unspecified atom stereocenters. The van der Waals surface area contributed by atoms with Crippen LogP contribution in [0.1, 0.15) is 24.8 Å². The molecule has 15 heavy (non-hydrogen) atoms. The Bertz CT molecular complexity index is 343. The van der Waals surface area contributed by atoms with Gasteiger partial charge in [0.25, 0.3) is 0 Å². The summed E-state index contributed by atoms with van der Waals surface area (Å²) in [6.45, 7) is 0.475. The number of hydrogen-bond acceptors (Lipinski definition) is 3.